The van der Waals surface area contributed by atoms with Gasteiger partial charge in [0, 0.05) is 13.6 Å². The number of nitrogens with one attached hydrogen (secondary N) is 2. The number of hydrogen-bond donors (Lipinski definition) is 2. The van der Waals surface area contributed by atoms with Gasteiger partial charge in [0.2, 0.25) is 11.9 Å². The predicted octanol–water partition coefficient (Wildman–Crippen LogP) is 0.831. The molecule has 2 N–H and O–H groups in total. The van der Waals surface area contributed by atoms with E-state index in [1.54, 1.807) is 6.33 Å². The summed E-state index contributed by atoms with van der Waals surface area (Å²) in [7, 11) is 1.88. The van der Waals surface area contributed by atoms with Crippen LogP contribution in [0.2, 0.25) is 0 Å². The molecule has 0 amide bonds. The van der Waals surface area contributed by atoms with Crippen LogP contribution in [0.4, 0.5) is 11.9 Å². The van der Waals surface area contributed by atoms with Gasteiger partial charge >= 0.3 is 6.01 Å². The lowest BCUT2D eigenvalue weighted by Crippen LogP contribution is -2.14. The van der Waals surface area contributed by atoms with Crippen molar-refractivity contribution >= 4 is 11.9 Å². The summed E-state index contributed by atoms with van der Waals surface area (Å²) >= 11 is 0. The molecule has 0 atom stereocenters. The van der Waals surface area contributed by atoms with Crippen molar-refractivity contribution in [1.29, 1.82) is 0 Å². The number of nitrogens with zero attached hydrogens (tertiary/aromatic N) is 6. The maximum atomic E-state index is 5.53. The van der Waals surface area contributed by atoms with Gasteiger partial charge in [0.25, 0.3) is 0 Å². The summed E-state index contributed by atoms with van der Waals surface area (Å²) < 4.78 is 7.35. The summed E-state index contributed by atoms with van der Waals surface area (Å²) in [6.07, 6.45) is 1.63. The molecule has 0 fully saturated rings. The van der Waals surface area contributed by atoms with Gasteiger partial charge < -0.3 is 19.9 Å². The lowest BCUT2D eigenvalue weighted by Gasteiger charge is -2.11. The predicted molar refractivity (Wildman–Crippen MR) is 78.1 cm³/mol. The van der Waals surface area contributed by atoms with Gasteiger partial charge in [0.15, 0.2) is 5.82 Å². The Labute approximate surface area is 123 Å². The van der Waals surface area contributed by atoms with Crippen molar-refractivity contribution in [2.24, 2.45) is 7.05 Å². The van der Waals surface area contributed by atoms with Crippen LogP contribution in [0.5, 0.6) is 6.01 Å². The van der Waals surface area contributed by atoms with E-state index in [0.29, 0.717) is 25.0 Å². The van der Waals surface area contributed by atoms with E-state index < -0.39 is 0 Å². The second kappa shape index (κ2) is 6.82. The fourth-order valence-electron chi connectivity index (χ4n) is 1.56. The van der Waals surface area contributed by atoms with Crippen LogP contribution < -0.4 is 15.4 Å². The van der Waals surface area contributed by atoms with Crippen LogP contribution in [0.3, 0.4) is 0 Å². The van der Waals surface area contributed by atoms with E-state index in [1.807, 2.05) is 32.4 Å². The Balaban J connectivity index is 2.13. The minimum Gasteiger partial charge on any atom is -0.461 e. The fraction of sp³-hybridized carbons (Fsp3) is 0.583. The molecule has 9 heteroatoms. The minimum atomic E-state index is -0.00605. The van der Waals surface area contributed by atoms with E-state index in [1.165, 1.54) is 0 Å². The number of hydrogen-bond acceptors (Lipinski definition) is 8. The Morgan fingerprint density at radius 2 is 1.90 bits per heavy atom. The van der Waals surface area contributed by atoms with E-state index in [0.717, 1.165) is 5.82 Å². The number of aryl methyl sites for hydroxylation is 1. The highest BCUT2D eigenvalue weighted by Crippen LogP contribution is 2.13. The number of anilines is 2. The molecule has 2 rings (SSSR count). The fourth-order valence-corrected chi connectivity index (χ4v) is 1.56. The summed E-state index contributed by atoms with van der Waals surface area (Å²) in [6, 6.07) is 0.288. The average molecular weight is 292 g/mol. The molecule has 0 unspecified atom stereocenters. The molecule has 0 aliphatic carbocycles. The first kappa shape index (κ1) is 14.9. The molecule has 0 aliphatic heterocycles. The third-order valence-electron chi connectivity index (χ3n) is 2.50. The van der Waals surface area contributed by atoms with E-state index >= 15 is 0 Å². The summed E-state index contributed by atoms with van der Waals surface area (Å²) in [5.41, 5.74) is 0. The summed E-state index contributed by atoms with van der Waals surface area (Å²) in [6.45, 7) is 6.99. The molecular weight excluding hydrogens is 272 g/mol. The third kappa shape index (κ3) is 4.26. The van der Waals surface area contributed by atoms with E-state index in [-0.39, 0.29) is 12.1 Å². The van der Waals surface area contributed by atoms with Gasteiger partial charge in [0.1, 0.15) is 6.33 Å². The van der Waals surface area contributed by atoms with Crippen molar-refractivity contribution < 1.29 is 4.74 Å². The molecule has 9 nitrogen and oxygen atoms in total. The number of ether oxygens (including phenoxy) is 1. The summed E-state index contributed by atoms with van der Waals surface area (Å²) in [5.74, 6) is 1.69. The quantitative estimate of drug-likeness (QED) is 0.773. The molecule has 2 aromatic rings. The lowest BCUT2D eigenvalue weighted by atomic mass is 10.5. The Bertz CT molecular complexity index is 582. The highest BCUT2D eigenvalue weighted by molar-refractivity contribution is 5.35. The molecule has 114 valence electrons. The second-order valence-electron chi connectivity index (χ2n) is 4.67. The van der Waals surface area contributed by atoms with Gasteiger partial charge in [-0.15, -0.1) is 10.2 Å². The average Bonchev–Trinajstić information content (AvgIpc) is 2.81. The van der Waals surface area contributed by atoms with Gasteiger partial charge in [-0.25, -0.2) is 0 Å². The second-order valence-corrected chi connectivity index (χ2v) is 4.67. The zero-order chi connectivity index (χ0) is 15.2. The normalized spacial score (nSPS) is 10.7. The van der Waals surface area contributed by atoms with Crippen LogP contribution in [0.15, 0.2) is 6.33 Å². The smallest absolute Gasteiger partial charge is 0.323 e. The van der Waals surface area contributed by atoms with Crippen LogP contribution in [-0.4, -0.2) is 42.4 Å². The number of rotatable bonds is 7. The van der Waals surface area contributed by atoms with Crippen molar-refractivity contribution in [1.82, 2.24) is 29.7 Å². The molecule has 0 spiro atoms. The minimum absolute atomic E-state index is 0.00605. The Morgan fingerprint density at radius 3 is 2.48 bits per heavy atom. The van der Waals surface area contributed by atoms with Crippen LogP contribution in [0.1, 0.15) is 26.6 Å². The van der Waals surface area contributed by atoms with Gasteiger partial charge in [-0.05, 0) is 20.8 Å². The Hall–Kier alpha value is -2.45. The Kier molecular flexibility index (Phi) is 4.85. The zero-order valence-electron chi connectivity index (χ0n) is 12.7. The van der Waals surface area contributed by atoms with Gasteiger partial charge in [-0.1, -0.05) is 0 Å². The molecule has 21 heavy (non-hydrogen) atoms. The van der Waals surface area contributed by atoms with Gasteiger partial charge in [-0.2, -0.15) is 15.0 Å². The molecule has 0 saturated carbocycles. The van der Waals surface area contributed by atoms with Gasteiger partial charge in [-0.3, -0.25) is 0 Å². The molecular formula is C12H20N8O. The van der Waals surface area contributed by atoms with Crippen molar-refractivity contribution in [3.05, 3.63) is 12.2 Å². The first-order valence-corrected chi connectivity index (χ1v) is 6.81. The lowest BCUT2D eigenvalue weighted by molar-refractivity contribution is 0.222. The molecule has 0 bridgehead atoms. The molecule has 0 aliphatic rings. The summed E-state index contributed by atoms with van der Waals surface area (Å²) in [5, 5.41) is 14.0. The molecule has 0 aromatic carbocycles. The van der Waals surface area contributed by atoms with Crippen LogP contribution >= 0.6 is 0 Å². The topological polar surface area (TPSA) is 103 Å². The highest BCUT2D eigenvalue weighted by atomic mass is 16.5. The Morgan fingerprint density at radius 1 is 1.19 bits per heavy atom. The van der Waals surface area contributed by atoms with E-state index in [9.17, 15) is 0 Å². The van der Waals surface area contributed by atoms with Crippen LogP contribution in [0, 0.1) is 0 Å². The van der Waals surface area contributed by atoms with E-state index in [2.05, 4.69) is 35.8 Å². The molecule has 2 heterocycles. The van der Waals surface area contributed by atoms with Crippen molar-refractivity contribution in [2.45, 2.75) is 33.4 Å². The van der Waals surface area contributed by atoms with Gasteiger partial charge in [0.05, 0.1) is 12.6 Å². The first-order valence-electron chi connectivity index (χ1n) is 6.81. The molecule has 0 saturated heterocycles. The third-order valence-corrected chi connectivity index (χ3v) is 2.50. The monoisotopic (exact) mass is 292 g/mol. The number of aromatic nitrogens is 6. The highest BCUT2D eigenvalue weighted by Gasteiger charge is 2.09. The summed E-state index contributed by atoms with van der Waals surface area (Å²) in [4.78, 5) is 12.7. The van der Waals surface area contributed by atoms with Crippen molar-refractivity contribution in [3.63, 3.8) is 0 Å². The first-order chi connectivity index (χ1) is 10.1. The SMILES string of the molecule is CCNc1nc(NCc2nncn2C)nc(OC(C)C)n1. The molecule has 0 radical (unpaired) electrons. The van der Waals surface area contributed by atoms with Crippen molar-refractivity contribution in [2.75, 3.05) is 17.2 Å². The van der Waals surface area contributed by atoms with Crippen LogP contribution in [-0.2, 0) is 13.6 Å². The maximum Gasteiger partial charge on any atom is 0.323 e. The van der Waals surface area contributed by atoms with Crippen LogP contribution in [0.25, 0.3) is 0 Å². The standard InChI is InChI=1S/C12H20N8O/c1-5-13-10-16-11(18-12(17-10)21-8(2)3)14-6-9-19-15-7-20(9)4/h7-8H,5-6H2,1-4H3,(H2,13,14,16,17,18). The zero-order valence-corrected chi connectivity index (χ0v) is 12.7. The van der Waals surface area contributed by atoms with Crippen molar-refractivity contribution in [3.8, 4) is 6.01 Å². The largest absolute Gasteiger partial charge is 0.461 e. The maximum absolute atomic E-state index is 5.53. The molecule has 2 aromatic heterocycles. The van der Waals surface area contributed by atoms with E-state index in [4.69, 9.17) is 4.74 Å².